The summed E-state index contributed by atoms with van der Waals surface area (Å²) in [5.41, 5.74) is -0.273. The third kappa shape index (κ3) is 6.97. The van der Waals surface area contributed by atoms with Gasteiger partial charge in [-0.05, 0) is 49.1 Å². The van der Waals surface area contributed by atoms with Crippen molar-refractivity contribution >= 4 is 11.8 Å². The molecule has 1 atom stereocenters. The summed E-state index contributed by atoms with van der Waals surface area (Å²) < 4.78 is 44.8. The van der Waals surface area contributed by atoms with Crippen molar-refractivity contribution in [1.29, 1.82) is 0 Å². The Kier molecular flexibility index (Phi) is 8.36. The molecule has 0 aliphatic carbocycles. The van der Waals surface area contributed by atoms with Crippen molar-refractivity contribution in [2.45, 2.75) is 44.8 Å². The Morgan fingerprint density at radius 2 is 1.79 bits per heavy atom. The maximum absolute atomic E-state index is 13.1. The van der Waals surface area contributed by atoms with E-state index in [4.69, 9.17) is 4.74 Å². The van der Waals surface area contributed by atoms with Gasteiger partial charge in [-0.3, -0.25) is 9.59 Å². The van der Waals surface area contributed by atoms with E-state index < -0.39 is 17.8 Å². The molecule has 2 aromatic carbocycles. The highest BCUT2D eigenvalue weighted by molar-refractivity contribution is 5.81. The number of benzene rings is 2. The first-order chi connectivity index (χ1) is 15.8. The van der Waals surface area contributed by atoms with Crippen LogP contribution in [0.15, 0.2) is 54.6 Å². The van der Waals surface area contributed by atoms with Crippen LogP contribution in [0.5, 0.6) is 5.75 Å². The highest BCUT2D eigenvalue weighted by atomic mass is 19.4. The lowest BCUT2D eigenvalue weighted by molar-refractivity contribution is -0.138. The van der Waals surface area contributed by atoms with Gasteiger partial charge in [0.25, 0.3) is 5.91 Å². The van der Waals surface area contributed by atoms with E-state index >= 15 is 0 Å². The van der Waals surface area contributed by atoms with Crippen LogP contribution < -0.4 is 10.1 Å². The third-order valence-corrected chi connectivity index (χ3v) is 5.83. The summed E-state index contributed by atoms with van der Waals surface area (Å²) in [5, 5.41) is 2.94. The van der Waals surface area contributed by atoms with Crippen LogP contribution in [0.3, 0.4) is 0 Å². The molecule has 0 spiro atoms. The smallest absolute Gasteiger partial charge is 0.416 e. The Balaban J connectivity index is 1.53. The standard InChI is InChI=1S/C25H29F3N2O3/c1-2-7-22(19-8-6-9-20(16-19)25(26,27)28)29-24(32)18-12-14-30(15-13-18)23(31)17-33-21-10-4-3-5-11-21/h3-6,8-11,16,18,22H,2,7,12-15,17H2,1H3,(H,29,32). The summed E-state index contributed by atoms with van der Waals surface area (Å²) >= 11 is 0. The van der Waals surface area contributed by atoms with Crippen molar-refractivity contribution in [3.05, 3.63) is 65.7 Å². The molecule has 1 aliphatic heterocycles. The van der Waals surface area contributed by atoms with Gasteiger partial charge in [-0.2, -0.15) is 13.2 Å². The summed E-state index contributed by atoms with van der Waals surface area (Å²) in [6.45, 7) is 2.75. The normalized spacial score (nSPS) is 15.7. The average Bonchev–Trinajstić information content (AvgIpc) is 2.82. The average molecular weight is 463 g/mol. The van der Waals surface area contributed by atoms with E-state index in [1.165, 1.54) is 6.07 Å². The predicted molar refractivity (Wildman–Crippen MR) is 118 cm³/mol. The second-order valence-corrected chi connectivity index (χ2v) is 8.23. The zero-order valence-electron chi connectivity index (χ0n) is 18.6. The number of rotatable bonds is 8. The summed E-state index contributed by atoms with van der Waals surface area (Å²) in [5.74, 6) is 0.0231. The van der Waals surface area contributed by atoms with Gasteiger partial charge in [0.1, 0.15) is 5.75 Å². The maximum Gasteiger partial charge on any atom is 0.416 e. The highest BCUT2D eigenvalue weighted by Gasteiger charge is 2.32. The Bertz CT molecular complexity index is 926. The number of alkyl halides is 3. The zero-order chi connectivity index (χ0) is 23.8. The van der Waals surface area contributed by atoms with Gasteiger partial charge < -0.3 is 15.0 Å². The topological polar surface area (TPSA) is 58.6 Å². The molecule has 1 fully saturated rings. The molecule has 33 heavy (non-hydrogen) atoms. The molecular formula is C25H29F3N2O3. The second-order valence-electron chi connectivity index (χ2n) is 8.23. The Hall–Kier alpha value is -3.03. The number of hydrogen-bond acceptors (Lipinski definition) is 3. The minimum Gasteiger partial charge on any atom is -0.484 e. The number of carbonyl (C=O) groups excluding carboxylic acids is 2. The van der Waals surface area contributed by atoms with Crippen molar-refractivity contribution in [2.75, 3.05) is 19.7 Å². The largest absolute Gasteiger partial charge is 0.484 e. The molecule has 1 heterocycles. The zero-order valence-corrected chi connectivity index (χ0v) is 18.6. The number of ether oxygens (including phenoxy) is 1. The number of amides is 2. The van der Waals surface area contributed by atoms with Crippen LogP contribution in [-0.4, -0.2) is 36.4 Å². The number of carbonyl (C=O) groups is 2. The third-order valence-electron chi connectivity index (χ3n) is 5.83. The first-order valence-corrected chi connectivity index (χ1v) is 11.2. The second kappa shape index (κ2) is 11.2. The molecule has 178 valence electrons. The molecule has 0 bridgehead atoms. The lowest BCUT2D eigenvalue weighted by Gasteiger charge is -2.32. The molecule has 3 rings (SSSR count). The number of para-hydroxylation sites is 1. The number of piperidine rings is 1. The van der Waals surface area contributed by atoms with Gasteiger partial charge in [0.2, 0.25) is 5.91 Å². The van der Waals surface area contributed by atoms with Gasteiger partial charge in [0, 0.05) is 19.0 Å². The lowest BCUT2D eigenvalue weighted by atomic mass is 9.94. The number of likely N-dealkylation sites (tertiary alicyclic amines) is 1. The summed E-state index contributed by atoms with van der Waals surface area (Å²) in [7, 11) is 0. The fraction of sp³-hybridized carbons (Fsp3) is 0.440. The van der Waals surface area contributed by atoms with Crippen LogP contribution in [-0.2, 0) is 15.8 Å². The Morgan fingerprint density at radius 1 is 1.09 bits per heavy atom. The van der Waals surface area contributed by atoms with Crippen molar-refractivity contribution in [3.8, 4) is 5.75 Å². The maximum atomic E-state index is 13.1. The molecule has 0 aromatic heterocycles. The summed E-state index contributed by atoms with van der Waals surface area (Å²) in [4.78, 5) is 27.0. The van der Waals surface area contributed by atoms with Crippen LogP contribution in [0.2, 0.25) is 0 Å². The van der Waals surface area contributed by atoms with Crippen LogP contribution >= 0.6 is 0 Å². The van der Waals surface area contributed by atoms with E-state index in [0.29, 0.717) is 43.7 Å². The van der Waals surface area contributed by atoms with Gasteiger partial charge in [-0.1, -0.05) is 43.7 Å². The molecule has 1 saturated heterocycles. The first kappa shape index (κ1) is 24.6. The van der Waals surface area contributed by atoms with Gasteiger partial charge in [0.05, 0.1) is 11.6 Å². The Morgan fingerprint density at radius 3 is 2.42 bits per heavy atom. The van der Waals surface area contributed by atoms with Crippen LogP contribution in [0.1, 0.15) is 49.8 Å². The van der Waals surface area contributed by atoms with Gasteiger partial charge >= 0.3 is 6.18 Å². The van der Waals surface area contributed by atoms with Gasteiger partial charge in [-0.25, -0.2) is 0 Å². The lowest BCUT2D eigenvalue weighted by Crippen LogP contribution is -2.45. The number of hydrogen-bond donors (Lipinski definition) is 1. The monoisotopic (exact) mass is 462 g/mol. The molecule has 0 radical (unpaired) electrons. The molecule has 2 aromatic rings. The summed E-state index contributed by atoms with van der Waals surface area (Å²) in [6, 6.07) is 13.7. The van der Waals surface area contributed by atoms with E-state index in [2.05, 4.69) is 5.32 Å². The van der Waals surface area contributed by atoms with Crippen LogP contribution in [0.25, 0.3) is 0 Å². The first-order valence-electron chi connectivity index (χ1n) is 11.2. The van der Waals surface area contributed by atoms with E-state index in [1.807, 2.05) is 25.1 Å². The molecule has 0 saturated carbocycles. The molecule has 2 amide bonds. The van der Waals surface area contributed by atoms with Crippen molar-refractivity contribution in [1.82, 2.24) is 10.2 Å². The minimum atomic E-state index is -4.43. The molecule has 1 aliphatic rings. The number of halogens is 3. The van der Waals surface area contributed by atoms with E-state index in [-0.39, 0.29) is 24.3 Å². The molecule has 1 N–H and O–H groups in total. The summed E-state index contributed by atoms with van der Waals surface area (Å²) in [6.07, 6.45) is -2.16. The van der Waals surface area contributed by atoms with Crippen molar-refractivity contribution in [3.63, 3.8) is 0 Å². The SMILES string of the molecule is CCCC(NC(=O)C1CCN(C(=O)COc2ccccc2)CC1)c1cccc(C(F)(F)F)c1. The number of nitrogens with one attached hydrogen (secondary N) is 1. The van der Waals surface area contributed by atoms with Crippen LogP contribution in [0, 0.1) is 5.92 Å². The van der Waals surface area contributed by atoms with Crippen molar-refractivity contribution in [2.24, 2.45) is 5.92 Å². The number of nitrogens with zero attached hydrogens (tertiary/aromatic N) is 1. The Labute approximate surface area is 191 Å². The van der Waals surface area contributed by atoms with E-state index in [9.17, 15) is 22.8 Å². The molecule has 5 nitrogen and oxygen atoms in total. The molecule has 1 unspecified atom stereocenters. The van der Waals surface area contributed by atoms with E-state index in [0.717, 1.165) is 18.6 Å². The van der Waals surface area contributed by atoms with Crippen LogP contribution in [0.4, 0.5) is 13.2 Å². The fourth-order valence-corrected chi connectivity index (χ4v) is 3.98. The highest BCUT2D eigenvalue weighted by Crippen LogP contribution is 2.32. The van der Waals surface area contributed by atoms with Gasteiger partial charge in [-0.15, -0.1) is 0 Å². The molecule has 8 heteroatoms. The van der Waals surface area contributed by atoms with Gasteiger partial charge in [0.15, 0.2) is 6.61 Å². The fourth-order valence-electron chi connectivity index (χ4n) is 3.98. The molecular weight excluding hydrogens is 433 g/mol. The predicted octanol–water partition coefficient (Wildman–Crippen LogP) is 4.98. The van der Waals surface area contributed by atoms with Crippen molar-refractivity contribution < 1.29 is 27.5 Å². The minimum absolute atomic E-state index is 0.0605. The quantitative estimate of drug-likeness (QED) is 0.602. The van der Waals surface area contributed by atoms with E-state index in [1.54, 1.807) is 23.1 Å².